The van der Waals surface area contributed by atoms with Gasteiger partial charge < -0.3 is 14.8 Å². The van der Waals surface area contributed by atoms with Crippen LogP contribution >= 0.6 is 0 Å². The Bertz CT molecular complexity index is 347. The van der Waals surface area contributed by atoms with E-state index in [9.17, 15) is 9.59 Å². The van der Waals surface area contributed by atoms with Crippen LogP contribution in [0.5, 0.6) is 0 Å². The highest BCUT2D eigenvalue weighted by Gasteiger charge is 2.13. The van der Waals surface area contributed by atoms with E-state index in [4.69, 9.17) is 9.47 Å². The Morgan fingerprint density at radius 3 is 1.81 bits per heavy atom. The molecule has 1 amide bonds. The fraction of sp³-hybridized carbons (Fsp3) is 0.905. The molecule has 0 heterocycles. The molecule has 0 bridgehead atoms. The molecule has 5 nitrogen and oxygen atoms in total. The lowest BCUT2D eigenvalue weighted by atomic mass is 10.1. The van der Waals surface area contributed by atoms with Crippen molar-refractivity contribution in [2.45, 2.75) is 110 Å². The van der Waals surface area contributed by atoms with Crippen molar-refractivity contribution >= 4 is 12.1 Å². The molecular weight excluding hydrogens is 330 g/mol. The summed E-state index contributed by atoms with van der Waals surface area (Å²) in [6.45, 7) is 6.95. The standard InChI is InChI=1S/C21H41NO4/c1-4-6-8-9-10-11-12-13-14-15-17-25-20(23)18-19(3)22-21(24)26-16-7-5-2/h19H,4-18H2,1-3H3,(H,22,24). The van der Waals surface area contributed by atoms with Crippen LogP contribution < -0.4 is 5.32 Å². The number of hydrogen-bond acceptors (Lipinski definition) is 4. The lowest BCUT2D eigenvalue weighted by molar-refractivity contribution is -0.144. The second-order valence-corrected chi connectivity index (χ2v) is 7.14. The quantitative estimate of drug-likeness (QED) is 0.261. The highest BCUT2D eigenvalue weighted by Crippen LogP contribution is 2.10. The topological polar surface area (TPSA) is 64.6 Å². The number of carbonyl (C=O) groups excluding carboxylic acids is 2. The van der Waals surface area contributed by atoms with Crippen LogP contribution in [0.4, 0.5) is 4.79 Å². The van der Waals surface area contributed by atoms with Gasteiger partial charge in [-0.25, -0.2) is 4.79 Å². The smallest absolute Gasteiger partial charge is 0.407 e. The van der Waals surface area contributed by atoms with Gasteiger partial charge in [0.05, 0.1) is 19.6 Å². The van der Waals surface area contributed by atoms with E-state index in [1.54, 1.807) is 6.92 Å². The van der Waals surface area contributed by atoms with E-state index in [0.717, 1.165) is 25.7 Å². The minimum Gasteiger partial charge on any atom is -0.466 e. The monoisotopic (exact) mass is 371 g/mol. The van der Waals surface area contributed by atoms with Gasteiger partial charge in [0.2, 0.25) is 0 Å². The average molecular weight is 372 g/mol. The predicted molar refractivity (Wildman–Crippen MR) is 106 cm³/mol. The van der Waals surface area contributed by atoms with Gasteiger partial charge in [0, 0.05) is 6.04 Å². The molecule has 0 aliphatic carbocycles. The van der Waals surface area contributed by atoms with Crippen molar-refractivity contribution in [2.75, 3.05) is 13.2 Å². The number of rotatable bonds is 17. The molecule has 26 heavy (non-hydrogen) atoms. The number of hydrogen-bond donors (Lipinski definition) is 1. The molecule has 0 aromatic carbocycles. The summed E-state index contributed by atoms with van der Waals surface area (Å²) in [6.07, 6.45) is 14.1. The Balaban J connectivity index is 3.44. The zero-order valence-corrected chi connectivity index (χ0v) is 17.3. The van der Waals surface area contributed by atoms with E-state index < -0.39 is 6.09 Å². The van der Waals surface area contributed by atoms with Gasteiger partial charge in [0.15, 0.2) is 0 Å². The first-order valence-electron chi connectivity index (χ1n) is 10.7. The third-order valence-electron chi connectivity index (χ3n) is 4.33. The molecular formula is C21H41NO4. The first-order chi connectivity index (χ1) is 12.6. The maximum atomic E-state index is 11.7. The largest absolute Gasteiger partial charge is 0.466 e. The van der Waals surface area contributed by atoms with Crippen LogP contribution in [-0.4, -0.2) is 31.3 Å². The summed E-state index contributed by atoms with van der Waals surface area (Å²) >= 11 is 0. The van der Waals surface area contributed by atoms with E-state index in [-0.39, 0.29) is 18.4 Å². The van der Waals surface area contributed by atoms with Crippen molar-refractivity contribution in [3.63, 3.8) is 0 Å². The van der Waals surface area contributed by atoms with Gasteiger partial charge >= 0.3 is 12.1 Å². The first kappa shape index (κ1) is 24.7. The second kappa shape index (κ2) is 18.5. The molecule has 0 aromatic rings. The number of esters is 1. The number of unbranched alkanes of at least 4 members (excludes halogenated alkanes) is 10. The van der Waals surface area contributed by atoms with Crippen LogP contribution in [0.15, 0.2) is 0 Å². The molecule has 0 spiro atoms. The Morgan fingerprint density at radius 2 is 1.23 bits per heavy atom. The van der Waals surface area contributed by atoms with E-state index >= 15 is 0 Å². The van der Waals surface area contributed by atoms with Crippen molar-refractivity contribution in [1.82, 2.24) is 5.32 Å². The lowest BCUT2D eigenvalue weighted by Crippen LogP contribution is -2.35. The van der Waals surface area contributed by atoms with Crippen molar-refractivity contribution in [1.29, 1.82) is 0 Å². The maximum absolute atomic E-state index is 11.7. The fourth-order valence-corrected chi connectivity index (χ4v) is 2.69. The summed E-state index contributed by atoms with van der Waals surface area (Å²) in [4.78, 5) is 23.2. The fourth-order valence-electron chi connectivity index (χ4n) is 2.69. The second-order valence-electron chi connectivity index (χ2n) is 7.14. The van der Waals surface area contributed by atoms with Gasteiger partial charge in [0.1, 0.15) is 0 Å². The highest BCUT2D eigenvalue weighted by atomic mass is 16.5. The third-order valence-corrected chi connectivity index (χ3v) is 4.33. The van der Waals surface area contributed by atoms with Crippen LogP contribution in [0.2, 0.25) is 0 Å². The van der Waals surface area contributed by atoms with Gasteiger partial charge in [-0.2, -0.15) is 0 Å². The number of amides is 1. The zero-order valence-electron chi connectivity index (χ0n) is 17.3. The van der Waals surface area contributed by atoms with Crippen LogP contribution in [0.25, 0.3) is 0 Å². The molecule has 0 saturated heterocycles. The molecule has 0 rings (SSSR count). The van der Waals surface area contributed by atoms with Crippen molar-refractivity contribution in [3.05, 3.63) is 0 Å². The van der Waals surface area contributed by atoms with Gasteiger partial charge in [-0.15, -0.1) is 0 Å². The van der Waals surface area contributed by atoms with Crippen molar-refractivity contribution < 1.29 is 19.1 Å². The minimum absolute atomic E-state index is 0.181. The van der Waals surface area contributed by atoms with Gasteiger partial charge in [0.25, 0.3) is 0 Å². The van der Waals surface area contributed by atoms with Crippen LogP contribution in [0.1, 0.15) is 104 Å². The van der Waals surface area contributed by atoms with Crippen molar-refractivity contribution in [2.24, 2.45) is 0 Å². The van der Waals surface area contributed by atoms with Crippen LogP contribution in [-0.2, 0) is 14.3 Å². The summed E-state index contributed by atoms with van der Waals surface area (Å²) in [5.74, 6) is -0.262. The number of ether oxygens (including phenoxy) is 2. The van der Waals surface area contributed by atoms with Gasteiger partial charge in [-0.1, -0.05) is 78.1 Å². The molecule has 5 heteroatoms. The normalized spacial score (nSPS) is 11.8. The van der Waals surface area contributed by atoms with Crippen molar-refractivity contribution in [3.8, 4) is 0 Å². The molecule has 0 aromatic heterocycles. The number of carbonyl (C=O) groups is 2. The molecule has 1 unspecified atom stereocenters. The zero-order chi connectivity index (χ0) is 19.5. The van der Waals surface area contributed by atoms with E-state index in [0.29, 0.717) is 13.2 Å². The summed E-state index contributed by atoms with van der Waals surface area (Å²) in [6, 6.07) is -0.274. The molecule has 0 saturated carbocycles. The van der Waals surface area contributed by atoms with Crippen LogP contribution in [0.3, 0.4) is 0 Å². The van der Waals surface area contributed by atoms with Crippen LogP contribution in [0, 0.1) is 0 Å². The van der Waals surface area contributed by atoms with E-state index in [1.165, 1.54) is 51.4 Å². The third kappa shape index (κ3) is 17.6. The summed E-state index contributed by atoms with van der Waals surface area (Å²) in [5, 5.41) is 2.65. The average Bonchev–Trinajstić information content (AvgIpc) is 2.59. The van der Waals surface area contributed by atoms with E-state index in [1.807, 2.05) is 6.92 Å². The predicted octanol–water partition coefficient (Wildman–Crippen LogP) is 5.76. The first-order valence-corrected chi connectivity index (χ1v) is 10.7. The Labute approximate surface area is 160 Å². The van der Waals surface area contributed by atoms with E-state index in [2.05, 4.69) is 12.2 Å². The summed E-state index contributed by atoms with van der Waals surface area (Å²) in [7, 11) is 0. The number of alkyl carbamates (subject to hydrolysis) is 1. The summed E-state index contributed by atoms with van der Waals surface area (Å²) < 4.78 is 10.2. The van der Waals surface area contributed by atoms with Gasteiger partial charge in [-0.05, 0) is 19.8 Å². The molecule has 0 aliphatic rings. The summed E-state index contributed by atoms with van der Waals surface area (Å²) in [5.41, 5.74) is 0. The molecule has 1 N–H and O–H groups in total. The molecule has 0 aliphatic heterocycles. The Morgan fingerprint density at radius 1 is 0.731 bits per heavy atom. The Kier molecular flexibility index (Phi) is 17.6. The molecule has 0 radical (unpaired) electrons. The van der Waals surface area contributed by atoms with Gasteiger partial charge in [-0.3, -0.25) is 4.79 Å². The SMILES string of the molecule is CCCCCCCCCCCCOC(=O)CC(C)NC(=O)OCCCC. The highest BCUT2D eigenvalue weighted by molar-refractivity contribution is 5.72. The molecule has 0 fully saturated rings. The maximum Gasteiger partial charge on any atom is 0.407 e. The molecule has 1 atom stereocenters. The Hall–Kier alpha value is -1.26. The lowest BCUT2D eigenvalue weighted by Gasteiger charge is -2.13. The molecule has 154 valence electrons. The number of nitrogens with one attached hydrogen (secondary N) is 1. The minimum atomic E-state index is -0.464.